The van der Waals surface area contributed by atoms with Crippen molar-refractivity contribution in [1.82, 2.24) is 0 Å². The molecule has 0 heterocycles. The summed E-state index contributed by atoms with van der Waals surface area (Å²) in [6, 6.07) is 18.8. The molecule has 0 aliphatic heterocycles. The summed E-state index contributed by atoms with van der Waals surface area (Å²) in [7, 11) is 0.500. The van der Waals surface area contributed by atoms with Crippen molar-refractivity contribution in [1.29, 1.82) is 0 Å². The number of allylic oxidation sites excluding steroid dienone is 2. The van der Waals surface area contributed by atoms with Gasteiger partial charge in [-0.2, -0.15) is 5.56 Å². The zero-order valence-corrected chi connectivity index (χ0v) is 24.1. The molecule has 0 N–H and O–H groups in total. The number of carbonyl (C=O) groups is 1. The first-order chi connectivity index (χ1) is 14.2. The number of carbonyl (C=O) groups excluding carboxylic acids is 1. The first-order valence-electron chi connectivity index (χ1n) is 10.8. The summed E-state index contributed by atoms with van der Waals surface area (Å²) < 4.78 is 9.50. The van der Waals surface area contributed by atoms with Crippen LogP contribution in [0, 0.1) is 6.08 Å². The quantitative estimate of drug-likeness (QED) is 0.219. The Morgan fingerprint density at radius 1 is 0.839 bits per heavy atom. The summed E-state index contributed by atoms with van der Waals surface area (Å²) in [6.45, 7) is 16.0. The van der Waals surface area contributed by atoms with Crippen LogP contribution in [-0.2, 0) is 43.9 Å². The van der Waals surface area contributed by atoms with E-state index in [1.807, 2.05) is 61.5 Å². The van der Waals surface area contributed by atoms with Crippen molar-refractivity contribution in [2.24, 2.45) is 0 Å². The van der Waals surface area contributed by atoms with Crippen LogP contribution in [0.4, 0.5) is 4.39 Å². The Bertz CT molecular complexity index is 632. The minimum Gasteiger partial charge on any atom is -0.317 e. The van der Waals surface area contributed by atoms with Crippen molar-refractivity contribution >= 4 is 19.8 Å². The Hall–Kier alpha value is -1.05. The molecule has 2 rings (SSSR count). The van der Waals surface area contributed by atoms with Crippen molar-refractivity contribution in [3.8, 4) is 0 Å². The second-order valence-corrected chi connectivity index (χ2v) is 5.28. The Kier molecular flexibility index (Phi) is 40.5. The van der Waals surface area contributed by atoms with Gasteiger partial charge in [-0.15, -0.1) is 12.1 Å². The second-order valence-electron chi connectivity index (χ2n) is 5.28. The second kappa shape index (κ2) is 31.1. The van der Waals surface area contributed by atoms with Crippen molar-refractivity contribution in [3.05, 3.63) is 77.4 Å². The van der Waals surface area contributed by atoms with Gasteiger partial charge in [0.15, 0.2) is 0 Å². The summed E-state index contributed by atoms with van der Waals surface area (Å²) >= 11 is 0. The number of rotatable bonds is 6. The largest absolute Gasteiger partial charge is 0.317 e. The van der Waals surface area contributed by atoms with Gasteiger partial charge in [0.25, 0.3) is 0 Å². The Balaban J connectivity index is -0.000000139. The number of hydrogen-bond acceptors (Lipinski definition) is 1. The van der Waals surface area contributed by atoms with E-state index in [0.717, 1.165) is 24.0 Å². The van der Waals surface area contributed by atoms with E-state index in [2.05, 4.69) is 54.6 Å². The molecule has 4 radical (unpaired) electrons. The minimum absolute atomic E-state index is 0. The summed E-state index contributed by atoms with van der Waals surface area (Å²) in [6.07, 6.45) is 5.32. The van der Waals surface area contributed by atoms with Crippen LogP contribution in [0.2, 0.25) is 0 Å². The zero-order chi connectivity index (χ0) is 23.1. The number of hydrogen-bond donors (Lipinski definition) is 0. The molecule has 1 nitrogen and oxygen atoms in total. The maximum absolute atomic E-state index is 11.6. The van der Waals surface area contributed by atoms with Crippen LogP contribution >= 0.6 is 0 Å². The zero-order valence-electron chi connectivity index (χ0n) is 21.3. The first kappa shape index (κ1) is 40.3. The molecule has 0 aliphatic rings. The predicted molar refractivity (Wildman–Crippen MR) is 137 cm³/mol. The molecule has 0 amide bonds. The average Bonchev–Trinajstić information content (AvgIpc) is 2.80. The van der Waals surface area contributed by atoms with Crippen molar-refractivity contribution in [2.45, 2.75) is 74.7 Å². The molecule has 4 heteroatoms. The van der Waals surface area contributed by atoms with Gasteiger partial charge in [-0.1, -0.05) is 104 Å². The third kappa shape index (κ3) is 20.6. The van der Waals surface area contributed by atoms with Crippen LogP contribution in [0.1, 0.15) is 86.3 Å². The minimum atomic E-state index is 0. The molecular formula is C27H44BFOY-. The van der Waals surface area contributed by atoms with Crippen molar-refractivity contribution in [2.75, 3.05) is 7.18 Å². The number of alkyl halides is 1. The van der Waals surface area contributed by atoms with Gasteiger partial charge in [0.1, 0.15) is 0 Å². The monoisotopic (exact) mass is 504 g/mol. The summed E-state index contributed by atoms with van der Waals surface area (Å²) in [4.78, 5) is 11.6. The van der Waals surface area contributed by atoms with E-state index < -0.39 is 0 Å². The van der Waals surface area contributed by atoms with Crippen LogP contribution in [-0.4, -0.2) is 21.4 Å². The summed E-state index contributed by atoms with van der Waals surface area (Å²) in [5.41, 5.74) is 4.57. The van der Waals surface area contributed by atoms with Crippen LogP contribution in [0.15, 0.2) is 54.6 Å². The summed E-state index contributed by atoms with van der Waals surface area (Å²) in [5, 5.41) is 0. The van der Waals surface area contributed by atoms with E-state index in [4.69, 9.17) is 0 Å². The van der Waals surface area contributed by atoms with Gasteiger partial charge in [0.2, 0.25) is 0 Å². The van der Waals surface area contributed by atoms with Crippen molar-refractivity contribution < 1.29 is 43.3 Å². The van der Waals surface area contributed by atoms with E-state index in [1.165, 1.54) is 11.1 Å². The molecule has 0 saturated carbocycles. The van der Waals surface area contributed by atoms with Gasteiger partial charge in [-0.3, -0.25) is 4.39 Å². The molecule has 2 aromatic carbocycles. The van der Waals surface area contributed by atoms with Crippen LogP contribution in [0.5, 0.6) is 0 Å². The van der Waals surface area contributed by atoms with Crippen molar-refractivity contribution in [3.63, 3.8) is 0 Å². The molecule has 0 atom stereocenters. The van der Waals surface area contributed by atoms with Gasteiger partial charge in [0.05, 0.1) is 13.0 Å². The van der Waals surface area contributed by atoms with E-state index >= 15 is 0 Å². The Morgan fingerprint density at radius 3 is 1.68 bits per heavy atom. The average molecular weight is 504 g/mol. The first-order valence-corrected chi connectivity index (χ1v) is 10.8. The SMILES string of the molecule is CC.CC.CC.CCCC(=O)[C-]=C(C)c1ccc(Cc2ccccc2)cc1.CF.[2HH].[B].[Y]. The number of Topliss-reactive ketones (excluding diaryl/α,β-unsaturated/α-hetero) is 1. The third-order valence-electron chi connectivity index (χ3n) is 3.44. The molecule has 172 valence electrons. The number of benzene rings is 2. The Morgan fingerprint density at radius 2 is 1.26 bits per heavy atom. The molecule has 0 spiro atoms. The molecule has 2 aromatic rings. The fourth-order valence-corrected chi connectivity index (χ4v) is 2.28. The van der Waals surface area contributed by atoms with E-state index in [9.17, 15) is 9.18 Å². The fourth-order valence-electron chi connectivity index (χ4n) is 2.28. The van der Waals surface area contributed by atoms with Gasteiger partial charge in [0, 0.05) is 42.5 Å². The third-order valence-corrected chi connectivity index (χ3v) is 3.44. The fraction of sp³-hybridized carbons (Fsp3) is 0.444. The topological polar surface area (TPSA) is 17.1 Å². The van der Waals surface area contributed by atoms with Gasteiger partial charge >= 0.3 is 0 Å². The van der Waals surface area contributed by atoms with Gasteiger partial charge < -0.3 is 4.79 Å². The number of halogens is 1. The molecule has 0 fully saturated rings. The van der Waals surface area contributed by atoms with E-state index in [0.29, 0.717) is 13.6 Å². The van der Waals surface area contributed by atoms with Crippen LogP contribution in [0.25, 0.3) is 5.57 Å². The molecule has 31 heavy (non-hydrogen) atoms. The smallest absolute Gasteiger partial charge is 0.0785 e. The van der Waals surface area contributed by atoms with E-state index in [1.54, 1.807) is 0 Å². The van der Waals surface area contributed by atoms with Crippen LogP contribution in [0.3, 0.4) is 0 Å². The Labute approximate surface area is 221 Å². The molecule has 0 unspecified atom stereocenters. The maximum atomic E-state index is 11.6. The molecular weight excluding hydrogens is 459 g/mol. The standard InChI is InChI=1S/C20H21O.3C2H6.CH3F.B.Y.H2/c1-3-7-20(21)14-16(2)19-12-10-18(11-13-19)15-17-8-5-4-6-9-17;4*1-2;;;/h4-6,8-13H,3,7,15H2,1-2H3;3*1-2H3;1H3;;;1H/q-1;;;;;;;/i;;;;;;;1+1. The predicted octanol–water partition coefficient (Wildman–Crippen LogP) is 8.38. The normalized spacial score (nSPS) is 8.52. The summed E-state index contributed by atoms with van der Waals surface area (Å²) in [5.74, 6) is 0.0864. The molecule has 0 aliphatic carbocycles. The van der Waals surface area contributed by atoms with Gasteiger partial charge in [-0.05, 0) is 24.0 Å². The number of ketones is 1. The molecule has 0 saturated heterocycles. The molecule has 0 bridgehead atoms. The van der Waals surface area contributed by atoms with E-state index in [-0.39, 0.29) is 48.3 Å². The molecule has 0 aromatic heterocycles. The van der Waals surface area contributed by atoms with Gasteiger partial charge in [-0.25, -0.2) is 11.6 Å². The maximum Gasteiger partial charge on any atom is 0.0785 e. The van der Waals surface area contributed by atoms with Crippen LogP contribution < -0.4 is 0 Å².